The number of ether oxygens (including phenoxy) is 1. The molecule has 5 aliphatic rings. The third kappa shape index (κ3) is 4.70. The van der Waals surface area contributed by atoms with E-state index in [4.69, 9.17) is 4.74 Å². The molecule has 0 bridgehead atoms. The molecule has 0 saturated heterocycles. The molecule has 252 valence electrons. The molecule has 4 nitrogen and oxygen atoms in total. The average molecular weight is 637 g/mol. The predicted octanol–water partition coefficient (Wildman–Crippen LogP) is 9.66. The molecule has 2 aromatic carbocycles. The van der Waals surface area contributed by atoms with E-state index in [1.807, 2.05) is 60.7 Å². The number of aliphatic hydroxyl groups is 1. The Morgan fingerprint density at radius 3 is 2.00 bits per heavy atom. The van der Waals surface area contributed by atoms with Gasteiger partial charge in [-0.15, -0.1) is 0 Å². The van der Waals surface area contributed by atoms with Gasteiger partial charge in [-0.05, 0) is 121 Å². The molecule has 0 amide bonds. The van der Waals surface area contributed by atoms with Crippen LogP contribution in [0.5, 0.6) is 0 Å². The van der Waals surface area contributed by atoms with Crippen molar-refractivity contribution in [3.8, 4) is 0 Å². The zero-order chi connectivity index (χ0) is 33.6. The van der Waals surface area contributed by atoms with E-state index >= 15 is 0 Å². The molecule has 4 heteroatoms. The monoisotopic (exact) mass is 636 g/mol. The molecular formula is C43H56O4. The molecule has 1 N–H and O–H groups in total. The lowest BCUT2D eigenvalue weighted by Gasteiger charge is -2.70. The Hall–Kier alpha value is -2.72. The first-order chi connectivity index (χ1) is 22.1. The van der Waals surface area contributed by atoms with Crippen molar-refractivity contribution in [3.63, 3.8) is 0 Å². The predicted molar refractivity (Wildman–Crippen MR) is 186 cm³/mol. The highest BCUT2D eigenvalue weighted by Crippen LogP contribution is 2.75. The lowest BCUT2D eigenvalue weighted by Crippen LogP contribution is -2.66. The number of hydrogen-bond acceptors (Lipinski definition) is 4. The van der Waals surface area contributed by atoms with E-state index in [9.17, 15) is 14.7 Å². The van der Waals surface area contributed by atoms with Crippen LogP contribution >= 0.6 is 0 Å². The van der Waals surface area contributed by atoms with Gasteiger partial charge in [-0.25, -0.2) is 0 Å². The number of hydrogen-bond donors (Lipinski definition) is 1. The van der Waals surface area contributed by atoms with Gasteiger partial charge in [0.25, 0.3) is 0 Å². The second kappa shape index (κ2) is 10.9. The van der Waals surface area contributed by atoms with Gasteiger partial charge in [0.2, 0.25) is 0 Å². The molecule has 0 aliphatic heterocycles. The van der Waals surface area contributed by atoms with E-state index in [2.05, 4.69) is 54.5 Å². The van der Waals surface area contributed by atoms with Crippen LogP contribution in [0.15, 0.2) is 72.3 Å². The largest absolute Gasteiger partial charge is 0.452 e. The summed E-state index contributed by atoms with van der Waals surface area (Å²) in [5.74, 6) is 0.606. The molecule has 0 spiro atoms. The maximum Gasteiger partial charge on any atom is 0.312 e. The average Bonchev–Trinajstić information content (AvgIpc) is 3.04. The van der Waals surface area contributed by atoms with Gasteiger partial charge in [0.15, 0.2) is 11.9 Å². The number of ketones is 1. The van der Waals surface area contributed by atoms with E-state index in [1.165, 1.54) is 5.57 Å². The number of rotatable bonds is 4. The van der Waals surface area contributed by atoms with Crippen molar-refractivity contribution >= 4 is 11.8 Å². The van der Waals surface area contributed by atoms with Crippen LogP contribution in [0.2, 0.25) is 0 Å². The normalized spacial score (nSPS) is 42.3. The topological polar surface area (TPSA) is 63.6 Å². The van der Waals surface area contributed by atoms with Gasteiger partial charge in [-0.1, -0.05) is 108 Å². The van der Waals surface area contributed by atoms with Crippen LogP contribution in [-0.2, 0) is 14.3 Å². The van der Waals surface area contributed by atoms with Crippen molar-refractivity contribution in [1.29, 1.82) is 0 Å². The number of esters is 1. The summed E-state index contributed by atoms with van der Waals surface area (Å²) in [5.41, 5.74) is 2.09. The Balaban J connectivity index is 1.23. The highest BCUT2D eigenvalue weighted by Gasteiger charge is 2.70. The van der Waals surface area contributed by atoms with E-state index in [-0.39, 0.29) is 51.0 Å². The van der Waals surface area contributed by atoms with Crippen LogP contribution in [0, 0.1) is 50.2 Å². The van der Waals surface area contributed by atoms with Crippen molar-refractivity contribution in [3.05, 3.63) is 83.4 Å². The van der Waals surface area contributed by atoms with Crippen molar-refractivity contribution < 1.29 is 19.4 Å². The fraction of sp³-hybridized carbons (Fsp3) is 0.628. The summed E-state index contributed by atoms with van der Waals surface area (Å²) in [6.07, 6.45) is 9.72. The van der Waals surface area contributed by atoms with Crippen LogP contribution < -0.4 is 0 Å². The number of allylic oxidation sites excluding steroid dienone is 2. The van der Waals surface area contributed by atoms with Gasteiger partial charge in [0.05, 0.1) is 11.5 Å². The minimum absolute atomic E-state index is 0.0453. The third-order valence-corrected chi connectivity index (χ3v) is 15.5. The molecule has 7 rings (SSSR count). The second-order valence-corrected chi connectivity index (χ2v) is 18.2. The van der Waals surface area contributed by atoms with Crippen LogP contribution in [-0.4, -0.2) is 23.0 Å². The van der Waals surface area contributed by atoms with E-state index < -0.39 is 11.5 Å². The summed E-state index contributed by atoms with van der Waals surface area (Å²) >= 11 is 0. The first kappa shape index (κ1) is 32.8. The van der Waals surface area contributed by atoms with E-state index in [1.54, 1.807) is 0 Å². The second-order valence-electron chi connectivity index (χ2n) is 18.2. The Bertz CT molecular complexity index is 1540. The molecule has 5 aliphatic carbocycles. The van der Waals surface area contributed by atoms with Gasteiger partial charge in [-0.3, -0.25) is 9.59 Å². The molecule has 0 radical (unpaired) electrons. The number of benzene rings is 2. The molecule has 2 aromatic rings. The molecular weight excluding hydrogens is 580 g/mol. The highest BCUT2D eigenvalue weighted by atomic mass is 16.5. The summed E-state index contributed by atoms with van der Waals surface area (Å²) < 4.78 is 6.52. The van der Waals surface area contributed by atoms with Crippen molar-refractivity contribution in [2.24, 2.45) is 50.2 Å². The highest BCUT2D eigenvalue weighted by molar-refractivity contribution is 5.95. The van der Waals surface area contributed by atoms with Crippen LogP contribution in [0.3, 0.4) is 0 Å². The van der Waals surface area contributed by atoms with Gasteiger partial charge in [0, 0.05) is 5.92 Å². The van der Waals surface area contributed by atoms with Crippen molar-refractivity contribution in [2.75, 3.05) is 0 Å². The molecule has 47 heavy (non-hydrogen) atoms. The maximum atomic E-state index is 14.7. The van der Waals surface area contributed by atoms with Gasteiger partial charge < -0.3 is 9.84 Å². The van der Waals surface area contributed by atoms with Crippen LogP contribution in [0.1, 0.15) is 123 Å². The third-order valence-electron chi connectivity index (χ3n) is 15.5. The number of carbonyl (C=O) groups excluding carboxylic acids is 2. The van der Waals surface area contributed by atoms with E-state index in [0.717, 1.165) is 62.5 Å². The molecule has 4 saturated carbocycles. The first-order valence-corrected chi connectivity index (χ1v) is 18.3. The van der Waals surface area contributed by atoms with E-state index in [0.29, 0.717) is 18.1 Å². The summed E-state index contributed by atoms with van der Waals surface area (Å²) in [6.45, 7) is 16.3. The fourth-order valence-electron chi connectivity index (χ4n) is 12.2. The minimum atomic E-state index is -0.640. The minimum Gasteiger partial charge on any atom is -0.452 e. The van der Waals surface area contributed by atoms with Crippen molar-refractivity contribution in [1.82, 2.24) is 0 Å². The SMILES string of the molecule is CC1(C)[C@H](O)CC[C@]2(C)[C@H]3C(=O)C=C4[C@@H]5C[C@@](C)(C(=O)OC(c6ccccc6)c6ccccc6)CC[C@]5(C)CC[C@@]4(C)[C@]3(C)CC[C@@H]12. The van der Waals surface area contributed by atoms with Crippen LogP contribution in [0.4, 0.5) is 0 Å². The number of carbonyl (C=O) groups is 2. The van der Waals surface area contributed by atoms with Gasteiger partial charge >= 0.3 is 5.97 Å². The molecule has 9 atom stereocenters. The maximum absolute atomic E-state index is 14.7. The molecule has 0 aromatic heterocycles. The molecule has 0 unspecified atom stereocenters. The summed E-state index contributed by atoms with van der Waals surface area (Å²) in [4.78, 5) is 29.1. The zero-order valence-corrected chi connectivity index (χ0v) is 29.8. The van der Waals surface area contributed by atoms with Gasteiger partial charge in [-0.2, -0.15) is 0 Å². The molecule has 0 heterocycles. The Kier molecular flexibility index (Phi) is 7.60. The summed E-state index contributed by atoms with van der Waals surface area (Å²) in [7, 11) is 0. The smallest absolute Gasteiger partial charge is 0.312 e. The van der Waals surface area contributed by atoms with Crippen LogP contribution in [0.25, 0.3) is 0 Å². The Morgan fingerprint density at radius 2 is 1.38 bits per heavy atom. The number of fused-ring (bicyclic) bond motifs is 7. The quantitative estimate of drug-likeness (QED) is 0.340. The molecule has 4 fully saturated rings. The zero-order valence-electron chi connectivity index (χ0n) is 29.8. The number of aliphatic hydroxyl groups excluding tert-OH is 1. The van der Waals surface area contributed by atoms with Gasteiger partial charge in [0.1, 0.15) is 0 Å². The standard InChI is InChI=1S/C43H56O4/c1-38(2)33-18-21-43(7)36(41(33,5)20-19-34(38)45)32(44)26-30-31-27-40(4,23-22-39(31,3)24-25-42(30,43)6)37(46)47-35(28-14-10-8-11-15-28)29-16-12-9-13-17-29/h8-17,26,31,33-36,45H,18-25,27H2,1-7H3/t31-,33-,34+,36+,39+,40-,41-,42+,43+/m0/s1. The Labute approximate surface area is 282 Å². The first-order valence-electron chi connectivity index (χ1n) is 18.3. The summed E-state index contributed by atoms with van der Waals surface area (Å²) in [5, 5.41) is 11.1. The fourth-order valence-corrected chi connectivity index (χ4v) is 12.2. The lowest BCUT2D eigenvalue weighted by molar-refractivity contribution is -0.202. The summed E-state index contributed by atoms with van der Waals surface area (Å²) in [6, 6.07) is 20.1. The Morgan fingerprint density at radius 1 is 0.787 bits per heavy atom. The van der Waals surface area contributed by atoms with Crippen molar-refractivity contribution in [2.45, 2.75) is 118 Å². The lowest BCUT2D eigenvalue weighted by atomic mass is 9.33.